The van der Waals surface area contributed by atoms with Crippen LogP contribution in [0.3, 0.4) is 0 Å². The number of hydrogen-bond donors (Lipinski definition) is 0. The van der Waals surface area contributed by atoms with Crippen molar-refractivity contribution in [3.63, 3.8) is 0 Å². The summed E-state index contributed by atoms with van der Waals surface area (Å²) in [5.41, 5.74) is 10.0. The fourth-order valence-electron chi connectivity index (χ4n) is 8.78. The van der Waals surface area contributed by atoms with Crippen LogP contribution in [0.25, 0.3) is 116 Å². The van der Waals surface area contributed by atoms with Crippen LogP contribution in [0.2, 0.25) is 0 Å². The molecule has 12 rings (SSSR count). The Bertz CT molecular complexity index is 3580. The molecule has 5 heteroatoms. The molecule has 3 heterocycles. The van der Waals surface area contributed by atoms with Gasteiger partial charge in [-0.3, -0.25) is 0 Å². The second-order valence-corrected chi connectivity index (χ2v) is 14.8. The largest absolute Gasteiger partial charge is 0.456 e. The predicted molar refractivity (Wildman–Crippen MR) is 238 cm³/mol. The number of fused-ring (bicyclic) bond motifs is 10. The van der Waals surface area contributed by atoms with Crippen LogP contribution in [-0.4, -0.2) is 19.5 Å². The molecule has 270 valence electrons. The summed E-state index contributed by atoms with van der Waals surface area (Å²) >= 11 is 0. The number of rotatable bonds is 5. The Morgan fingerprint density at radius 2 is 0.966 bits per heavy atom. The summed E-state index contributed by atoms with van der Waals surface area (Å²) in [5, 5.41) is 9.48. The molecular formula is C53H32N4O. The van der Waals surface area contributed by atoms with Crippen molar-refractivity contribution in [1.82, 2.24) is 19.5 Å². The van der Waals surface area contributed by atoms with Crippen LogP contribution in [0, 0.1) is 0 Å². The first-order valence-corrected chi connectivity index (χ1v) is 19.5. The molecule has 0 saturated carbocycles. The van der Waals surface area contributed by atoms with Crippen molar-refractivity contribution < 1.29 is 4.42 Å². The monoisotopic (exact) mass is 740 g/mol. The number of nitrogens with zero attached hydrogens (tertiary/aromatic N) is 4. The highest BCUT2D eigenvalue weighted by atomic mass is 16.3. The summed E-state index contributed by atoms with van der Waals surface area (Å²) in [6.07, 6.45) is 0. The summed E-state index contributed by atoms with van der Waals surface area (Å²) in [6, 6.07) is 68.1. The summed E-state index contributed by atoms with van der Waals surface area (Å²) in [6.45, 7) is 0. The van der Waals surface area contributed by atoms with E-state index >= 15 is 0 Å². The van der Waals surface area contributed by atoms with E-state index in [9.17, 15) is 0 Å². The molecule has 0 bridgehead atoms. The zero-order valence-corrected chi connectivity index (χ0v) is 31.2. The molecule has 0 unspecified atom stereocenters. The fourth-order valence-corrected chi connectivity index (χ4v) is 8.78. The maximum atomic E-state index is 6.26. The lowest BCUT2D eigenvalue weighted by atomic mass is 10.0. The third kappa shape index (κ3) is 5.07. The third-order valence-corrected chi connectivity index (χ3v) is 11.4. The highest BCUT2D eigenvalue weighted by Gasteiger charge is 2.20. The van der Waals surface area contributed by atoms with Crippen LogP contribution in [-0.2, 0) is 0 Å². The lowest BCUT2D eigenvalue weighted by Gasteiger charge is -2.13. The van der Waals surface area contributed by atoms with Crippen molar-refractivity contribution in [2.24, 2.45) is 0 Å². The molecule has 9 aromatic carbocycles. The third-order valence-electron chi connectivity index (χ3n) is 11.4. The molecule has 0 fully saturated rings. The molecule has 0 atom stereocenters. The average Bonchev–Trinajstić information content (AvgIpc) is 3.86. The molecule has 0 aliphatic rings. The number of hydrogen-bond acceptors (Lipinski definition) is 4. The molecule has 3 aromatic heterocycles. The highest BCUT2D eigenvalue weighted by Crippen LogP contribution is 2.41. The zero-order chi connectivity index (χ0) is 38.2. The summed E-state index contributed by atoms with van der Waals surface area (Å²) in [7, 11) is 0. The Labute approximate surface area is 333 Å². The van der Waals surface area contributed by atoms with E-state index in [4.69, 9.17) is 19.4 Å². The van der Waals surface area contributed by atoms with Crippen molar-refractivity contribution in [2.75, 3.05) is 0 Å². The van der Waals surface area contributed by atoms with Gasteiger partial charge in [-0.2, -0.15) is 0 Å². The number of para-hydroxylation sites is 1. The number of aromatic nitrogens is 4. The van der Waals surface area contributed by atoms with Gasteiger partial charge in [0.2, 0.25) is 0 Å². The van der Waals surface area contributed by atoms with Crippen LogP contribution in [0.5, 0.6) is 0 Å². The maximum Gasteiger partial charge on any atom is 0.164 e. The summed E-state index contributed by atoms with van der Waals surface area (Å²) < 4.78 is 8.70. The molecule has 58 heavy (non-hydrogen) atoms. The number of benzene rings is 9. The average molecular weight is 741 g/mol. The van der Waals surface area contributed by atoms with Crippen molar-refractivity contribution in [3.05, 3.63) is 194 Å². The van der Waals surface area contributed by atoms with Gasteiger partial charge in [0, 0.05) is 49.3 Å². The smallest absolute Gasteiger partial charge is 0.164 e. The van der Waals surface area contributed by atoms with E-state index in [0.717, 1.165) is 55.4 Å². The van der Waals surface area contributed by atoms with Gasteiger partial charge < -0.3 is 8.98 Å². The molecule has 0 radical (unpaired) electrons. The molecule has 0 N–H and O–H groups in total. The minimum absolute atomic E-state index is 0.597. The summed E-state index contributed by atoms with van der Waals surface area (Å²) in [5.74, 6) is 1.82. The lowest BCUT2D eigenvalue weighted by molar-refractivity contribution is 0.669. The van der Waals surface area contributed by atoms with Gasteiger partial charge in [0.05, 0.1) is 11.0 Å². The van der Waals surface area contributed by atoms with E-state index in [1.54, 1.807) is 0 Å². The molecule has 0 amide bonds. The summed E-state index contributed by atoms with van der Waals surface area (Å²) in [4.78, 5) is 15.4. The second-order valence-electron chi connectivity index (χ2n) is 14.8. The minimum Gasteiger partial charge on any atom is -0.456 e. The van der Waals surface area contributed by atoms with Gasteiger partial charge in [-0.1, -0.05) is 158 Å². The molecule has 0 saturated heterocycles. The van der Waals surface area contributed by atoms with Crippen molar-refractivity contribution >= 4 is 65.3 Å². The van der Waals surface area contributed by atoms with E-state index in [1.807, 2.05) is 60.7 Å². The Morgan fingerprint density at radius 1 is 0.362 bits per heavy atom. The van der Waals surface area contributed by atoms with Crippen LogP contribution < -0.4 is 0 Å². The first kappa shape index (κ1) is 32.4. The van der Waals surface area contributed by atoms with E-state index in [1.165, 1.54) is 43.4 Å². The second kappa shape index (κ2) is 12.8. The molecule has 0 aliphatic carbocycles. The van der Waals surface area contributed by atoms with E-state index in [2.05, 4.69) is 138 Å². The quantitative estimate of drug-likeness (QED) is 0.176. The Morgan fingerprint density at radius 3 is 1.83 bits per heavy atom. The van der Waals surface area contributed by atoms with E-state index in [0.29, 0.717) is 17.5 Å². The highest BCUT2D eigenvalue weighted by molar-refractivity contribution is 6.26. The van der Waals surface area contributed by atoms with Crippen LogP contribution >= 0.6 is 0 Å². The van der Waals surface area contributed by atoms with Crippen molar-refractivity contribution in [3.8, 4) is 51.0 Å². The lowest BCUT2D eigenvalue weighted by Crippen LogP contribution is -2.00. The first-order valence-electron chi connectivity index (χ1n) is 19.5. The fraction of sp³-hybridized carbons (Fsp3) is 0. The van der Waals surface area contributed by atoms with Crippen LogP contribution in [0.1, 0.15) is 0 Å². The molecule has 12 aromatic rings. The molecule has 0 aliphatic heterocycles. The normalized spacial score (nSPS) is 11.8. The zero-order valence-electron chi connectivity index (χ0n) is 31.2. The maximum absolute atomic E-state index is 6.26. The Balaban J connectivity index is 1.04. The van der Waals surface area contributed by atoms with Crippen molar-refractivity contribution in [2.45, 2.75) is 0 Å². The SMILES string of the molecule is c1ccc(-c2nc(-c3cccc(-c4cccc(-n5c6ccc7ccccc7c6c6ccc7ccccc7c65)c4)c3)nc(-c3cccc4oc5ccccc5c34)n2)cc1. The Hall–Kier alpha value is -7.89. The van der Waals surface area contributed by atoms with Gasteiger partial charge in [-0.05, 0) is 63.7 Å². The van der Waals surface area contributed by atoms with Gasteiger partial charge in [0.25, 0.3) is 0 Å². The van der Waals surface area contributed by atoms with Gasteiger partial charge in [0.15, 0.2) is 17.5 Å². The van der Waals surface area contributed by atoms with Gasteiger partial charge in [0.1, 0.15) is 11.2 Å². The standard InChI is InChI=1S/C53H32N4O/c1-2-15-35(16-3-1)51-54-52(56-53(55-51)44-24-12-26-47-49(44)42-23-8-9-25-46(42)58-47)38-19-10-17-36(31-38)37-18-11-20-39(32-37)57-45-30-28-33-13-4-6-21-40(33)48(45)43-29-27-34-14-5-7-22-41(34)50(43)57/h1-32H. The minimum atomic E-state index is 0.597. The first-order chi connectivity index (χ1) is 28.7. The predicted octanol–water partition coefficient (Wildman–Crippen LogP) is 13.8. The topological polar surface area (TPSA) is 56.7 Å². The molecular weight excluding hydrogens is 709 g/mol. The van der Waals surface area contributed by atoms with Crippen molar-refractivity contribution in [1.29, 1.82) is 0 Å². The number of furan rings is 1. The van der Waals surface area contributed by atoms with E-state index in [-0.39, 0.29) is 0 Å². The van der Waals surface area contributed by atoms with Crippen LogP contribution in [0.15, 0.2) is 199 Å². The van der Waals surface area contributed by atoms with Crippen LogP contribution in [0.4, 0.5) is 0 Å². The van der Waals surface area contributed by atoms with Gasteiger partial charge >= 0.3 is 0 Å². The molecule has 0 spiro atoms. The van der Waals surface area contributed by atoms with Gasteiger partial charge in [-0.25, -0.2) is 15.0 Å². The van der Waals surface area contributed by atoms with E-state index < -0.39 is 0 Å². The molecule has 5 nitrogen and oxygen atoms in total. The van der Waals surface area contributed by atoms with Gasteiger partial charge in [-0.15, -0.1) is 0 Å². The Kier molecular flexibility index (Phi) is 7.16.